The SMILES string of the molecule is CC1=NN(C)C=NC=C1. The van der Waals surface area contributed by atoms with E-state index >= 15 is 0 Å². The second kappa shape index (κ2) is 2.44. The van der Waals surface area contributed by atoms with Crippen molar-refractivity contribution in [1.82, 2.24) is 5.01 Å². The Hall–Kier alpha value is -1.12. The Kier molecular flexibility index (Phi) is 1.63. The monoisotopic (exact) mass is 123 g/mol. The fourth-order valence-electron chi connectivity index (χ4n) is 0.594. The summed E-state index contributed by atoms with van der Waals surface area (Å²) < 4.78 is 0. The van der Waals surface area contributed by atoms with Crippen LogP contribution in [0.25, 0.3) is 0 Å². The Bertz CT molecular complexity index is 179. The molecule has 0 amide bonds. The standard InChI is InChI=1S/C6H9N3/c1-6-3-4-7-5-9(2)8-6/h3-5H,1-2H3. The highest BCUT2D eigenvalue weighted by atomic mass is 15.4. The predicted molar refractivity (Wildman–Crippen MR) is 38.5 cm³/mol. The lowest BCUT2D eigenvalue weighted by Gasteiger charge is -2.02. The van der Waals surface area contributed by atoms with Crippen LogP contribution in [0, 0.1) is 0 Å². The predicted octanol–water partition coefficient (Wildman–Crippen LogP) is 0.850. The molecule has 3 nitrogen and oxygen atoms in total. The Morgan fingerprint density at radius 3 is 3.11 bits per heavy atom. The Morgan fingerprint density at radius 2 is 2.33 bits per heavy atom. The van der Waals surface area contributed by atoms with E-state index in [1.807, 2.05) is 20.0 Å². The zero-order chi connectivity index (χ0) is 6.69. The molecule has 0 atom stereocenters. The van der Waals surface area contributed by atoms with Crippen LogP contribution < -0.4 is 0 Å². The molecule has 0 N–H and O–H groups in total. The molecule has 48 valence electrons. The first-order valence-corrected chi connectivity index (χ1v) is 2.77. The van der Waals surface area contributed by atoms with E-state index in [0.717, 1.165) is 5.71 Å². The molecular weight excluding hydrogens is 114 g/mol. The molecular formula is C6H9N3. The minimum atomic E-state index is 0.968. The van der Waals surface area contributed by atoms with Gasteiger partial charge in [0.15, 0.2) is 0 Å². The van der Waals surface area contributed by atoms with Crippen LogP contribution in [-0.4, -0.2) is 24.1 Å². The zero-order valence-corrected chi connectivity index (χ0v) is 5.57. The smallest absolute Gasteiger partial charge is 0.111 e. The average molecular weight is 123 g/mol. The van der Waals surface area contributed by atoms with E-state index in [-0.39, 0.29) is 0 Å². The molecule has 1 aliphatic heterocycles. The third-order valence-corrected chi connectivity index (χ3v) is 0.951. The van der Waals surface area contributed by atoms with E-state index in [4.69, 9.17) is 0 Å². The van der Waals surface area contributed by atoms with E-state index in [2.05, 4.69) is 10.1 Å². The molecule has 0 saturated heterocycles. The van der Waals surface area contributed by atoms with Gasteiger partial charge < -0.3 is 0 Å². The van der Waals surface area contributed by atoms with Crippen molar-refractivity contribution in [2.75, 3.05) is 7.05 Å². The number of nitrogens with zero attached hydrogens (tertiary/aromatic N) is 3. The maximum Gasteiger partial charge on any atom is 0.111 e. The summed E-state index contributed by atoms with van der Waals surface area (Å²) in [5, 5.41) is 5.77. The van der Waals surface area contributed by atoms with Crippen LogP contribution in [0.1, 0.15) is 6.92 Å². The quantitative estimate of drug-likeness (QED) is 0.469. The summed E-state index contributed by atoms with van der Waals surface area (Å²) in [6.07, 6.45) is 5.25. The number of hydrazone groups is 1. The number of aliphatic imine (C=N–C) groups is 1. The average Bonchev–Trinajstić information content (AvgIpc) is 1.93. The van der Waals surface area contributed by atoms with Crippen molar-refractivity contribution >= 4 is 12.1 Å². The summed E-state index contributed by atoms with van der Waals surface area (Å²) in [7, 11) is 1.85. The van der Waals surface area contributed by atoms with E-state index in [0.29, 0.717) is 0 Å². The molecule has 0 unspecified atom stereocenters. The van der Waals surface area contributed by atoms with Gasteiger partial charge in [0.1, 0.15) is 6.34 Å². The molecule has 3 heteroatoms. The van der Waals surface area contributed by atoms with Gasteiger partial charge in [-0.15, -0.1) is 0 Å². The number of allylic oxidation sites excluding steroid dienone is 1. The van der Waals surface area contributed by atoms with Crippen LogP contribution in [0.4, 0.5) is 0 Å². The summed E-state index contributed by atoms with van der Waals surface area (Å²) in [6.45, 7) is 1.93. The Balaban J connectivity index is 2.77. The van der Waals surface area contributed by atoms with Gasteiger partial charge in [0, 0.05) is 13.2 Å². The van der Waals surface area contributed by atoms with Crippen LogP contribution in [0.15, 0.2) is 22.4 Å². The van der Waals surface area contributed by atoms with Crippen molar-refractivity contribution in [2.24, 2.45) is 10.1 Å². The summed E-state index contributed by atoms with van der Waals surface area (Å²) >= 11 is 0. The highest BCUT2D eigenvalue weighted by molar-refractivity contribution is 5.93. The second-order valence-electron chi connectivity index (χ2n) is 1.90. The van der Waals surface area contributed by atoms with Crippen molar-refractivity contribution < 1.29 is 0 Å². The highest BCUT2D eigenvalue weighted by Crippen LogP contribution is 1.90. The van der Waals surface area contributed by atoms with Crippen LogP contribution in [0.3, 0.4) is 0 Å². The normalized spacial score (nSPS) is 17.6. The van der Waals surface area contributed by atoms with Crippen LogP contribution in [0.5, 0.6) is 0 Å². The molecule has 9 heavy (non-hydrogen) atoms. The van der Waals surface area contributed by atoms with Crippen LogP contribution >= 0.6 is 0 Å². The summed E-state index contributed by atoms with van der Waals surface area (Å²) in [5.74, 6) is 0. The number of rotatable bonds is 0. The molecule has 0 aromatic heterocycles. The largest absolute Gasteiger partial charge is 0.257 e. The van der Waals surface area contributed by atoms with Crippen molar-refractivity contribution in [2.45, 2.75) is 6.92 Å². The van der Waals surface area contributed by atoms with Gasteiger partial charge >= 0.3 is 0 Å². The third-order valence-electron chi connectivity index (χ3n) is 0.951. The maximum absolute atomic E-state index is 4.09. The molecule has 0 spiro atoms. The lowest BCUT2D eigenvalue weighted by molar-refractivity contribution is 0.563. The molecule has 0 aromatic carbocycles. The van der Waals surface area contributed by atoms with Crippen molar-refractivity contribution in [3.8, 4) is 0 Å². The van der Waals surface area contributed by atoms with Crippen molar-refractivity contribution in [3.05, 3.63) is 12.3 Å². The summed E-state index contributed by atoms with van der Waals surface area (Å²) in [4.78, 5) is 3.91. The molecule has 0 radical (unpaired) electrons. The minimum absolute atomic E-state index is 0.968. The first-order valence-electron chi connectivity index (χ1n) is 2.77. The van der Waals surface area contributed by atoms with E-state index < -0.39 is 0 Å². The third kappa shape index (κ3) is 1.68. The molecule has 1 aliphatic rings. The van der Waals surface area contributed by atoms with Crippen molar-refractivity contribution in [3.63, 3.8) is 0 Å². The number of hydrogen-bond donors (Lipinski definition) is 0. The van der Waals surface area contributed by atoms with Gasteiger partial charge in [-0.2, -0.15) is 5.10 Å². The van der Waals surface area contributed by atoms with E-state index in [1.54, 1.807) is 17.5 Å². The van der Waals surface area contributed by atoms with Gasteiger partial charge in [0.25, 0.3) is 0 Å². The Labute approximate surface area is 54.4 Å². The van der Waals surface area contributed by atoms with E-state index in [1.165, 1.54) is 0 Å². The summed E-state index contributed by atoms with van der Waals surface area (Å²) in [6, 6.07) is 0. The van der Waals surface area contributed by atoms with Gasteiger partial charge in [-0.1, -0.05) is 0 Å². The molecule has 0 bridgehead atoms. The molecule has 0 aliphatic carbocycles. The zero-order valence-electron chi connectivity index (χ0n) is 5.57. The van der Waals surface area contributed by atoms with Crippen LogP contribution in [0.2, 0.25) is 0 Å². The molecule has 0 aromatic rings. The fourth-order valence-corrected chi connectivity index (χ4v) is 0.594. The van der Waals surface area contributed by atoms with Crippen LogP contribution in [-0.2, 0) is 0 Å². The fraction of sp³-hybridized carbons (Fsp3) is 0.333. The Morgan fingerprint density at radius 1 is 1.56 bits per heavy atom. The molecule has 0 saturated carbocycles. The highest BCUT2D eigenvalue weighted by Gasteiger charge is 1.89. The molecule has 0 fully saturated rings. The maximum atomic E-state index is 4.09. The van der Waals surface area contributed by atoms with Gasteiger partial charge in [-0.3, -0.25) is 5.01 Å². The second-order valence-corrected chi connectivity index (χ2v) is 1.90. The van der Waals surface area contributed by atoms with Gasteiger partial charge in [0.2, 0.25) is 0 Å². The molecule has 1 rings (SSSR count). The first kappa shape index (κ1) is 6.01. The minimum Gasteiger partial charge on any atom is -0.257 e. The van der Waals surface area contributed by atoms with Crippen molar-refractivity contribution in [1.29, 1.82) is 0 Å². The topological polar surface area (TPSA) is 28.0 Å². The lowest BCUT2D eigenvalue weighted by atomic mass is 10.4. The lowest BCUT2D eigenvalue weighted by Crippen LogP contribution is -2.07. The van der Waals surface area contributed by atoms with E-state index in [9.17, 15) is 0 Å². The number of hydrogen-bond acceptors (Lipinski definition) is 3. The summed E-state index contributed by atoms with van der Waals surface area (Å²) in [5.41, 5.74) is 0.968. The molecule has 1 heterocycles. The van der Waals surface area contributed by atoms with Gasteiger partial charge in [0.05, 0.1) is 5.71 Å². The van der Waals surface area contributed by atoms with Gasteiger partial charge in [-0.25, -0.2) is 4.99 Å². The van der Waals surface area contributed by atoms with Gasteiger partial charge in [-0.05, 0) is 13.0 Å². The first-order chi connectivity index (χ1) is 4.29.